The Morgan fingerprint density at radius 1 is 0.698 bits per heavy atom. The second-order valence-electron chi connectivity index (χ2n) is 11.5. The summed E-state index contributed by atoms with van der Waals surface area (Å²) in [6.07, 6.45) is 27.1. The van der Waals surface area contributed by atoms with Crippen molar-refractivity contribution in [3.8, 4) is 0 Å². The number of nitrogens with one attached hydrogen (secondary N) is 1. The molecule has 43 heavy (non-hydrogen) atoms. The Hall–Kier alpha value is -1.25. The summed E-state index contributed by atoms with van der Waals surface area (Å²) in [4.78, 5) is 33.6. The van der Waals surface area contributed by atoms with Crippen molar-refractivity contribution in [2.45, 2.75) is 161 Å². The third-order valence-corrected chi connectivity index (χ3v) is 8.18. The van der Waals surface area contributed by atoms with Crippen molar-refractivity contribution in [3.63, 3.8) is 0 Å². The lowest BCUT2D eigenvalue weighted by Crippen LogP contribution is -2.27. The van der Waals surface area contributed by atoms with E-state index in [1.54, 1.807) is 0 Å². The first-order valence-corrected chi connectivity index (χ1v) is 18.7. The number of unbranched alkanes of at least 4 members (excludes halogenated alkanes) is 17. The number of ether oxygens (including phenoxy) is 1. The maximum atomic E-state index is 12.0. The van der Waals surface area contributed by atoms with Gasteiger partial charge < -0.3 is 20.1 Å². The Morgan fingerprint density at radius 2 is 1.19 bits per heavy atom. The molecule has 254 valence electrons. The highest BCUT2D eigenvalue weighted by Crippen LogP contribution is 2.42. The largest absolute Gasteiger partial charge is 0.472 e. The monoisotopic (exact) mass is 633 g/mol. The number of hydrogen-bond acceptors (Lipinski definition) is 7. The number of rotatable bonds is 32. The zero-order valence-electron chi connectivity index (χ0n) is 27.4. The number of phosphoric acid groups is 1. The van der Waals surface area contributed by atoms with Gasteiger partial charge in [-0.1, -0.05) is 116 Å². The summed E-state index contributed by atoms with van der Waals surface area (Å²) < 4.78 is 26.6. The molecule has 0 spiro atoms. The van der Waals surface area contributed by atoms with Crippen LogP contribution in [0.5, 0.6) is 0 Å². The van der Waals surface area contributed by atoms with E-state index in [4.69, 9.17) is 13.8 Å². The zero-order valence-corrected chi connectivity index (χ0v) is 28.3. The fourth-order valence-corrected chi connectivity index (χ4v) is 5.31. The average Bonchev–Trinajstić information content (AvgIpc) is 2.98. The molecule has 2 unspecified atom stereocenters. The van der Waals surface area contributed by atoms with Crippen molar-refractivity contribution in [1.82, 2.24) is 5.32 Å². The summed E-state index contributed by atoms with van der Waals surface area (Å²) >= 11 is 0. The van der Waals surface area contributed by atoms with Gasteiger partial charge in [-0.2, -0.15) is 0 Å². The van der Waals surface area contributed by atoms with Crippen molar-refractivity contribution >= 4 is 19.7 Å². The summed E-state index contributed by atoms with van der Waals surface area (Å²) in [7, 11) is -4.40. The van der Waals surface area contributed by atoms with Crippen LogP contribution in [0.1, 0.15) is 155 Å². The molecule has 0 bridgehead atoms. The van der Waals surface area contributed by atoms with Crippen LogP contribution in [0.4, 0.5) is 0 Å². The topological polar surface area (TPSA) is 131 Å². The SMILES string of the molecule is CCCCC/C=C\CCCCCCCC(=O)NCCOP(=O)(O)OCC(O)COC(=O)CCCCCCCCCCCC. The molecule has 0 fully saturated rings. The molecule has 0 rings (SSSR count). The molecule has 0 aromatic rings. The highest BCUT2D eigenvalue weighted by molar-refractivity contribution is 7.47. The summed E-state index contributed by atoms with van der Waals surface area (Å²) in [6.45, 7) is 3.48. The second-order valence-corrected chi connectivity index (χ2v) is 12.9. The second kappa shape index (κ2) is 30.8. The molecule has 0 aliphatic carbocycles. The third-order valence-electron chi connectivity index (χ3n) is 7.20. The van der Waals surface area contributed by atoms with Crippen molar-refractivity contribution in [1.29, 1.82) is 0 Å². The number of aliphatic hydroxyl groups excluding tert-OH is 1. The third kappa shape index (κ3) is 32.0. The highest BCUT2D eigenvalue weighted by Gasteiger charge is 2.23. The van der Waals surface area contributed by atoms with Crippen molar-refractivity contribution in [3.05, 3.63) is 12.2 Å². The van der Waals surface area contributed by atoms with Gasteiger partial charge in [-0.15, -0.1) is 0 Å². The Bertz CT molecular complexity index is 734. The van der Waals surface area contributed by atoms with Crippen LogP contribution in [-0.4, -0.2) is 54.3 Å². The van der Waals surface area contributed by atoms with E-state index in [0.29, 0.717) is 6.42 Å². The minimum atomic E-state index is -4.40. The number of aliphatic hydroxyl groups is 1. The molecule has 0 heterocycles. The van der Waals surface area contributed by atoms with E-state index in [9.17, 15) is 24.2 Å². The molecule has 0 aliphatic rings. The van der Waals surface area contributed by atoms with Gasteiger partial charge in [-0.3, -0.25) is 18.6 Å². The van der Waals surface area contributed by atoms with Gasteiger partial charge in [-0.25, -0.2) is 4.57 Å². The number of esters is 1. The number of amides is 1. The molecule has 0 aromatic heterocycles. The molecule has 3 N–H and O–H groups in total. The molecule has 0 saturated heterocycles. The predicted octanol–water partition coefficient (Wildman–Crippen LogP) is 8.32. The zero-order chi connectivity index (χ0) is 31.9. The van der Waals surface area contributed by atoms with Crippen LogP contribution in [0.2, 0.25) is 0 Å². The number of carbonyl (C=O) groups excluding carboxylic acids is 2. The van der Waals surface area contributed by atoms with Gasteiger partial charge in [0, 0.05) is 19.4 Å². The Kier molecular flexibility index (Phi) is 29.9. The van der Waals surface area contributed by atoms with Gasteiger partial charge in [-0.05, 0) is 38.5 Å². The van der Waals surface area contributed by atoms with E-state index >= 15 is 0 Å². The lowest BCUT2D eigenvalue weighted by atomic mass is 10.1. The van der Waals surface area contributed by atoms with Gasteiger partial charge >= 0.3 is 13.8 Å². The van der Waals surface area contributed by atoms with E-state index in [0.717, 1.165) is 51.4 Å². The Morgan fingerprint density at radius 3 is 1.79 bits per heavy atom. The van der Waals surface area contributed by atoms with E-state index in [1.165, 1.54) is 77.0 Å². The molecular weight excluding hydrogens is 569 g/mol. The van der Waals surface area contributed by atoms with Gasteiger partial charge in [0.05, 0.1) is 13.2 Å². The average molecular weight is 634 g/mol. The number of phosphoric ester groups is 1. The maximum absolute atomic E-state index is 12.0. The molecular formula is C33H64NO8P. The fourth-order valence-electron chi connectivity index (χ4n) is 4.55. The van der Waals surface area contributed by atoms with Crippen molar-refractivity contribution in [2.24, 2.45) is 0 Å². The minimum absolute atomic E-state index is 0.0798. The summed E-state index contributed by atoms with van der Waals surface area (Å²) in [5.74, 6) is -0.527. The first-order chi connectivity index (χ1) is 20.8. The first kappa shape index (κ1) is 41.8. The lowest BCUT2D eigenvalue weighted by Gasteiger charge is -2.15. The van der Waals surface area contributed by atoms with Crippen molar-refractivity contribution < 1.29 is 37.9 Å². The first-order valence-electron chi connectivity index (χ1n) is 17.2. The van der Waals surface area contributed by atoms with Gasteiger partial charge in [0.15, 0.2) is 0 Å². The van der Waals surface area contributed by atoms with Gasteiger partial charge in [0.2, 0.25) is 5.91 Å². The molecule has 0 aromatic carbocycles. The highest BCUT2D eigenvalue weighted by atomic mass is 31.2. The quantitative estimate of drug-likeness (QED) is 0.0292. The van der Waals surface area contributed by atoms with E-state index in [2.05, 4.69) is 31.3 Å². The van der Waals surface area contributed by atoms with Crippen LogP contribution >= 0.6 is 7.82 Å². The Labute approximate surface area is 262 Å². The summed E-state index contributed by atoms with van der Waals surface area (Å²) in [6, 6.07) is 0. The molecule has 0 saturated carbocycles. The molecule has 0 radical (unpaired) electrons. The van der Waals surface area contributed by atoms with Gasteiger partial charge in [0.25, 0.3) is 0 Å². The van der Waals surface area contributed by atoms with Crippen LogP contribution in [0.3, 0.4) is 0 Å². The standard InChI is InChI=1S/C33H64NO8P/c1-3-5-7-9-11-13-15-16-17-19-21-23-25-32(36)34-27-28-41-43(38,39)42-30-31(35)29-40-33(37)26-24-22-20-18-14-12-10-8-6-4-2/h11,13,31,35H,3-10,12,14-30H2,1-2H3,(H,34,36)(H,38,39)/b13-11-. The maximum Gasteiger partial charge on any atom is 0.472 e. The molecule has 0 aliphatic heterocycles. The smallest absolute Gasteiger partial charge is 0.463 e. The molecule has 10 heteroatoms. The fraction of sp³-hybridized carbons (Fsp3) is 0.879. The molecule has 2 atom stereocenters. The summed E-state index contributed by atoms with van der Waals surface area (Å²) in [5, 5.41) is 12.6. The number of carbonyl (C=O) groups is 2. The van der Waals surface area contributed by atoms with Crippen LogP contribution in [-0.2, 0) is 27.9 Å². The van der Waals surface area contributed by atoms with E-state index < -0.39 is 26.5 Å². The molecule has 9 nitrogen and oxygen atoms in total. The van der Waals surface area contributed by atoms with Crippen LogP contribution in [0.25, 0.3) is 0 Å². The van der Waals surface area contributed by atoms with E-state index in [1.807, 2.05) is 0 Å². The van der Waals surface area contributed by atoms with Crippen LogP contribution in [0.15, 0.2) is 12.2 Å². The van der Waals surface area contributed by atoms with Gasteiger partial charge in [0.1, 0.15) is 12.7 Å². The normalized spacial score (nSPS) is 13.7. The minimum Gasteiger partial charge on any atom is -0.463 e. The van der Waals surface area contributed by atoms with Crippen LogP contribution < -0.4 is 5.32 Å². The predicted molar refractivity (Wildman–Crippen MR) is 174 cm³/mol. The van der Waals surface area contributed by atoms with Crippen molar-refractivity contribution in [2.75, 3.05) is 26.4 Å². The van der Waals surface area contributed by atoms with E-state index in [-0.39, 0.29) is 32.1 Å². The van der Waals surface area contributed by atoms with Crippen LogP contribution in [0, 0.1) is 0 Å². The Balaban J connectivity index is 3.65. The summed E-state index contributed by atoms with van der Waals surface area (Å²) in [5.41, 5.74) is 0. The number of allylic oxidation sites excluding steroid dienone is 2. The molecule has 1 amide bonds. The number of hydrogen-bond donors (Lipinski definition) is 3. The lowest BCUT2D eigenvalue weighted by molar-refractivity contribution is -0.147.